The van der Waals surface area contributed by atoms with E-state index in [0.717, 1.165) is 11.6 Å². The lowest BCUT2D eigenvalue weighted by atomic mass is 9.77. The second-order valence-electron chi connectivity index (χ2n) is 8.65. The van der Waals surface area contributed by atoms with Crippen LogP contribution in [0.15, 0.2) is 54.6 Å². The first-order chi connectivity index (χ1) is 16.5. The van der Waals surface area contributed by atoms with E-state index in [0.29, 0.717) is 36.1 Å². The zero-order chi connectivity index (χ0) is 27.9. The van der Waals surface area contributed by atoms with Crippen molar-refractivity contribution in [3.05, 3.63) is 72.3 Å². The van der Waals surface area contributed by atoms with Gasteiger partial charge in [-0.3, -0.25) is 4.98 Å². The maximum absolute atomic E-state index is 15.0. The fourth-order valence-corrected chi connectivity index (χ4v) is 6.82. The number of alkyl halides is 6. The summed E-state index contributed by atoms with van der Waals surface area (Å²) in [5, 5.41) is 9.54. The Morgan fingerprint density at radius 3 is 1.97 bits per heavy atom. The molecule has 0 spiro atoms. The number of hydrogen-bond donors (Lipinski definition) is 1. The van der Waals surface area contributed by atoms with Gasteiger partial charge in [-0.05, 0) is 56.7 Å². The molecule has 1 fully saturated rings. The highest BCUT2D eigenvalue weighted by Gasteiger charge is 2.43. The first kappa shape index (κ1) is 31.7. The molecule has 0 aliphatic heterocycles. The molecule has 36 heavy (non-hydrogen) atoms. The predicted octanol–water partition coefficient (Wildman–Crippen LogP) is 8.02. The first-order valence-electron chi connectivity index (χ1n) is 11.0. The van der Waals surface area contributed by atoms with Crippen LogP contribution < -0.4 is 0 Å². The molecule has 1 aliphatic rings. The van der Waals surface area contributed by atoms with E-state index in [1.165, 1.54) is 18.3 Å². The van der Waals surface area contributed by atoms with Crippen LogP contribution in [0.5, 0.6) is 0 Å². The fourth-order valence-electron chi connectivity index (χ4n) is 4.19. The standard InChI is InChI=1S/C22H25F4NOS.C2H3F3.C2H4/c1-15-4-6-19(23)18(12-15)21(10-8-16(14-28)9-11-21)29(2,3)17-5-7-20(27-13-17)22(24,25)26;1-2(3,4)5;1-2/h4-7,12-13,16,28H,2-3,8-11,14H2,1H3;1H3;1-2H2. The normalized spacial score (nSPS) is 20.4. The molecule has 0 radical (unpaired) electrons. The SMILES string of the molecule is C=C.C=S(=C)(c1ccc(C(F)(F)F)nc1)C1(c2cc(C)ccc2F)CCC(CO)CC1.CC(F)(F)F. The molecule has 1 saturated carbocycles. The van der Waals surface area contributed by atoms with E-state index >= 15 is 0 Å². The van der Waals surface area contributed by atoms with Crippen molar-refractivity contribution in [3.63, 3.8) is 0 Å². The monoisotopic (exact) mass is 539 g/mol. The molecule has 1 heterocycles. The number of aliphatic hydroxyl groups excluding tert-OH is 1. The topological polar surface area (TPSA) is 33.1 Å². The molecule has 1 aliphatic carbocycles. The van der Waals surface area contributed by atoms with E-state index in [4.69, 9.17) is 0 Å². The number of aryl methyl sites for hydroxylation is 1. The van der Waals surface area contributed by atoms with Crippen LogP contribution in [0.4, 0.5) is 30.7 Å². The van der Waals surface area contributed by atoms with Gasteiger partial charge in [-0.15, -0.1) is 13.2 Å². The quantitative estimate of drug-likeness (QED) is 0.242. The highest BCUT2D eigenvalue weighted by atomic mass is 32.2. The van der Waals surface area contributed by atoms with E-state index in [1.807, 2.05) is 6.92 Å². The molecule has 0 amide bonds. The van der Waals surface area contributed by atoms with Crippen molar-refractivity contribution in [2.24, 2.45) is 5.92 Å². The first-order valence-corrected chi connectivity index (χ1v) is 12.9. The summed E-state index contributed by atoms with van der Waals surface area (Å²) in [7, 11) is -2.26. The molecule has 0 saturated heterocycles. The van der Waals surface area contributed by atoms with Crippen molar-refractivity contribution < 1.29 is 35.8 Å². The number of halogens is 7. The van der Waals surface area contributed by atoms with Gasteiger partial charge >= 0.3 is 12.4 Å². The van der Waals surface area contributed by atoms with Crippen molar-refractivity contribution in [3.8, 4) is 0 Å². The average molecular weight is 540 g/mol. The summed E-state index contributed by atoms with van der Waals surface area (Å²) in [4.78, 5) is 4.10. The van der Waals surface area contributed by atoms with Gasteiger partial charge in [0.1, 0.15) is 11.5 Å². The Hall–Kier alpha value is -2.33. The molecule has 3 rings (SSSR count). The van der Waals surface area contributed by atoms with Crippen molar-refractivity contribution in [2.75, 3.05) is 6.61 Å². The average Bonchev–Trinajstić information content (AvgIpc) is 2.80. The molecule has 1 aromatic heterocycles. The van der Waals surface area contributed by atoms with Crippen molar-refractivity contribution in [2.45, 2.75) is 61.5 Å². The zero-order valence-electron chi connectivity index (χ0n) is 20.4. The minimum Gasteiger partial charge on any atom is -0.396 e. The zero-order valence-corrected chi connectivity index (χ0v) is 21.2. The van der Waals surface area contributed by atoms with E-state index in [-0.39, 0.29) is 25.3 Å². The highest BCUT2D eigenvalue weighted by molar-refractivity contribution is 8.28. The number of rotatable bonds is 4. The lowest BCUT2D eigenvalue weighted by molar-refractivity contribution is -0.141. The third-order valence-corrected chi connectivity index (χ3v) is 9.28. The number of aliphatic hydroxyl groups is 1. The minimum absolute atomic E-state index is 0.0604. The fraction of sp³-hybridized carbons (Fsp3) is 0.423. The van der Waals surface area contributed by atoms with Crippen LogP contribution >= 0.6 is 9.21 Å². The number of nitrogens with zero attached hydrogens (tertiary/aromatic N) is 1. The molecule has 2 nitrogen and oxygen atoms in total. The predicted molar refractivity (Wildman–Crippen MR) is 134 cm³/mol. The van der Waals surface area contributed by atoms with Gasteiger partial charge in [0.2, 0.25) is 0 Å². The minimum atomic E-state index is -4.53. The van der Waals surface area contributed by atoms with Crippen LogP contribution in [-0.4, -0.2) is 34.6 Å². The summed E-state index contributed by atoms with van der Waals surface area (Å²) in [5.74, 6) is 8.46. The second-order valence-corrected chi connectivity index (χ2v) is 11.7. The van der Waals surface area contributed by atoms with Crippen LogP contribution in [0.2, 0.25) is 0 Å². The van der Waals surface area contributed by atoms with E-state index in [9.17, 15) is 35.8 Å². The third-order valence-electron chi connectivity index (χ3n) is 6.01. The Morgan fingerprint density at radius 2 is 1.56 bits per heavy atom. The van der Waals surface area contributed by atoms with E-state index in [1.54, 1.807) is 12.1 Å². The lowest BCUT2D eigenvalue weighted by Crippen LogP contribution is -2.34. The highest BCUT2D eigenvalue weighted by Crippen LogP contribution is 2.60. The summed E-state index contributed by atoms with van der Waals surface area (Å²) in [6, 6.07) is 7.22. The summed E-state index contributed by atoms with van der Waals surface area (Å²) < 4.78 is 84.1. The van der Waals surface area contributed by atoms with Gasteiger partial charge in [0.25, 0.3) is 0 Å². The Balaban J connectivity index is 0.000000826. The van der Waals surface area contributed by atoms with Gasteiger partial charge < -0.3 is 5.11 Å². The summed E-state index contributed by atoms with van der Waals surface area (Å²) in [6.45, 7) is 8.12. The Bertz CT molecular complexity index is 1080. The molecule has 2 aromatic rings. The van der Waals surface area contributed by atoms with Gasteiger partial charge in [0, 0.05) is 34.9 Å². The lowest BCUT2D eigenvalue weighted by Gasteiger charge is -2.46. The Labute approximate surface area is 208 Å². The van der Waals surface area contributed by atoms with Crippen LogP contribution in [0, 0.1) is 18.7 Å². The molecule has 0 bridgehead atoms. The molecule has 10 heteroatoms. The van der Waals surface area contributed by atoms with Gasteiger partial charge in [-0.2, -0.15) is 35.5 Å². The maximum Gasteiger partial charge on any atom is 0.433 e. The van der Waals surface area contributed by atoms with Gasteiger partial charge in [0.05, 0.1) is 0 Å². The molecule has 202 valence electrons. The van der Waals surface area contributed by atoms with Gasteiger partial charge in [-0.25, -0.2) is 4.39 Å². The summed E-state index contributed by atoms with van der Waals surface area (Å²) in [6.07, 6.45) is -4.87. The molecule has 1 N–H and O–H groups in total. The second kappa shape index (κ2) is 12.3. The number of hydrogen-bond acceptors (Lipinski definition) is 2. The molecule has 1 aromatic carbocycles. The van der Waals surface area contributed by atoms with Crippen LogP contribution in [0.3, 0.4) is 0 Å². The van der Waals surface area contributed by atoms with Gasteiger partial charge in [-0.1, -0.05) is 29.4 Å². The summed E-state index contributed by atoms with van der Waals surface area (Å²) in [5.41, 5.74) is 0.427. The van der Waals surface area contributed by atoms with E-state index in [2.05, 4.69) is 29.9 Å². The molecular weight excluding hydrogens is 507 g/mol. The molecule has 0 atom stereocenters. The van der Waals surface area contributed by atoms with Crippen LogP contribution in [0.1, 0.15) is 49.4 Å². The van der Waals surface area contributed by atoms with Crippen molar-refractivity contribution in [1.82, 2.24) is 4.98 Å². The number of benzene rings is 1. The van der Waals surface area contributed by atoms with E-state index < -0.39 is 32.0 Å². The Kier molecular flexibility index (Phi) is 10.8. The number of aromatic nitrogens is 1. The third kappa shape index (κ3) is 7.83. The smallest absolute Gasteiger partial charge is 0.396 e. The molecular formula is C26H32F7NOS. The Morgan fingerprint density at radius 1 is 1.03 bits per heavy atom. The van der Waals surface area contributed by atoms with Crippen molar-refractivity contribution in [1.29, 1.82) is 0 Å². The largest absolute Gasteiger partial charge is 0.433 e. The van der Waals surface area contributed by atoms with Gasteiger partial charge in [0.15, 0.2) is 0 Å². The summed E-state index contributed by atoms with van der Waals surface area (Å²) >= 11 is 0. The number of pyridine rings is 1. The van der Waals surface area contributed by atoms with Crippen molar-refractivity contribution >= 4 is 20.9 Å². The van der Waals surface area contributed by atoms with Crippen LogP contribution in [-0.2, 0) is 10.9 Å². The maximum atomic E-state index is 15.0. The van der Waals surface area contributed by atoms with Crippen LogP contribution in [0.25, 0.3) is 0 Å². The molecule has 0 unspecified atom stereocenters.